The maximum Gasteiger partial charge on any atom is 0.322 e. The van der Waals surface area contributed by atoms with Gasteiger partial charge in [-0.05, 0) is 23.2 Å². The van der Waals surface area contributed by atoms with Crippen molar-refractivity contribution < 1.29 is 4.79 Å². The van der Waals surface area contributed by atoms with Crippen LogP contribution in [0, 0.1) is 0 Å². The van der Waals surface area contributed by atoms with Crippen molar-refractivity contribution in [2.45, 2.75) is 0 Å². The monoisotopic (exact) mass is 235 g/mol. The molecule has 1 rings (SSSR count). The summed E-state index contributed by atoms with van der Waals surface area (Å²) in [6, 6.07) is 0. The average molecular weight is 236 g/mol. The Morgan fingerprint density at radius 1 is 1.43 bits per heavy atom. The minimum absolute atomic E-state index is 0.0101. The SMILES string of the molecule is CNc1nc(Cl)nc(N(C)C(=O)Cl)n1. The molecule has 0 saturated carbocycles. The fraction of sp³-hybridized carbons (Fsp3) is 0.333. The predicted molar refractivity (Wildman–Crippen MR) is 54.0 cm³/mol. The van der Waals surface area contributed by atoms with E-state index in [-0.39, 0.29) is 17.2 Å². The molecule has 0 aliphatic heterocycles. The van der Waals surface area contributed by atoms with E-state index in [0.29, 0.717) is 0 Å². The fourth-order valence-corrected chi connectivity index (χ4v) is 0.911. The van der Waals surface area contributed by atoms with Gasteiger partial charge in [0.05, 0.1) is 0 Å². The lowest BCUT2D eigenvalue weighted by Gasteiger charge is -2.11. The second kappa shape index (κ2) is 4.39. The quantitative estimate of drug-likeness (QED) is 0.620. The number of nitrogens with zero attached hydrogens (tertiary/aromatic N) is 4. The zero-order valence-electron chi connectivity index (χ0n) is 7.45. The Labute approximate surface area is 90.3 Å². The van der Waals surface area contributed by atoms with Crippen LogP contribution >= 0.6 is 23.2 Å². The molecule has 1 aromatic rings. The molecule has 0 aromatic carbocycles. The van der Waals surface area contributed by atoms with Crippen molar-refractivity contribution in [3.05, 3.63) is 5.28 Å². The molecule has 1 amide bonds. The first-order valence-electron chi connectivity index (χ1n) is 3.57. The molecule has 0 unspecified atom stereocenters. The van der Waals surface area contributed by atoms with Gasteiger partial charge in [-0.25, -0.2) is 0 Å². The number of carbonyl (C=O) groups excluding carboxylic acids is 1. The molecule has 0 radical (unpaired) electrons. The first kappa shape index (κ1) is 10.9. The highest BCUT2D eigenvalue weighted by atomic mass is 35.5. The van der Waals surface area contributed by atoms with Gasteiger partial charge in [0.2, 0.25) is 17.2 Å². The molecule has 14 heavy (non-hydrogen) atoms. The molecule has 0 aliphatic carbocycles. The van der Waals surface area contributed by atoms with Crippen LogP contribution in [0.5, 0.6) is 0 Å². The minimum Gasteiger partial charge on any atom is -0.357 e. The number of amides is 1. The van der Waals surface area contributed by atoms with Crippen molar-refractivity contribution in [2.24, 2.45) is 0 Å². The normalized spacial score (nSPS) is 9.71. The second-order valence-electron chi connectivity index (χ2n) is 2.29. The summed E-state index contributed by atoms with van der Waals surface area (Å²) in [5.74, 6) is 0.360. The van der Waals surface area contributed by atoms with Gasteiger partial charge in [0.25, 0.3) is 0 Å². The molecule has 6 nitrogen and oxygen atoms in total. The number of halogens is 2. The van der Waals surface area contributed by atoms with Crippen LogP contribution in [0.25, 0.3) is 0 Å². The van der Waals surface area contributed by atoms with Crippen molar-refractivity contribution >= 4 is 40.5 Å². The van der Waals surface area contributed by atoms with Crippen molar-refractivity contribution in [1.29, 1.82) is 0 Å². The van der Waals surface area contributed by atoms with Gasteiger partial charge in [-0.2, -0.15) is 15.0 Å². The van der Waals surface area contributed by atoms with E-state index in [9.17, 15) is 4.79 Å². The Bertz CT molecular complexity index is 358. The highest BCUT2D eigenvalue weighted by molar-refractivity contribution is 6.66. The van der Waals surface area contributed by atoms with Gasteiger partial charge >= 0.3 is 5.37 Å². The molecule has 0 atom stereocenters. The summed E-state index contributed by atoms with van der Waals surface area (Å²) in [6.07, 6.45) is 0. The van der Waals surface area contributed by atoms with Crippen LogP contribution in [0.2, 0.25) is 5.28 Å². The van der Waals surface area contributed by atoms with Crippen molar-refractivity contribution in [2.75, 3.05) is 24.3 Å². The Kier molecular flexibility index (Phi) is 3.43. The average Bonchev–Trinajstić information content (AvgIpc) is 2.15. The van der Waals surface area contributed by atoms with Crippen molar-refractivity contribution in [3.8, 4) is 0 Å². The smallest absolute Gasteiger partial charge is 0.322 e. The van der Waals surface area contributed by atoms with Gasteiger partial charge in [-0.1, -0.05) is 0 Å². The van der Waals surface area contributed by atoms with Crippen molar-refractivity contribution in [1.82, 2.24) is 15.0 Å². The summed E-state index contributed by atoms with van der Waals surface area (Å²) >= 11 is 10.8. The predicted octanol–water partition coefficient (Wildman–Crippen LogP) is 1.36. The Morgan fingerprint density at radius 2 is 2.07 bits per heavy atom. The van der Waals surface area contributed by atoms with Crippen LogP contribution in [-0.4, -0.2) is 34.4 Å². The molecule has 1 heterocycles. The number of hydrogen-bond acceptors (Lipinski definition) is 5. The van der Waals surface area contributed by atoms with E-state index in [0.717, 1.165) is 4.90 Å². The molecule has 0 saturated heterocycles. The Balaban J connectivity index is 3.08. The lowest BCUT2D eigenvalue weighted by Crippen LogP contribution is -2.22. The van der Waals surface area contributed by atoms with Crippen LogP contribution in [0.4, 0.5) is 16.7 Å². The lowest BCUT2D eigenvalue weighted by atomic mass is 10.8. The number of carbonyl (C=O) groups is 1. The fourth-order valence-electron chi connectivity index (χ4n) is 0.680. The summed E-state index contributed by atoms with van der Waals surface area (Å²) < 4.78 is 0. The van der Waals surface area contributed by atoms with Gasteiger partial charge < -0.3 is 5.32 Å². The highest BCUT2D eigenvalue weighted by Crippen LogP contribution is 2.13. The molecule has 8 heteroatoms. The van der Waals surface area contributed by atoms with Gasteiger partial charge in [0.1, 0.15) is 0 Å². The molecule has 76 valence electrons. The van der Waals surface area contributed by atoms with E-state index in [2.05, 4.69) is 20.3 Å². The number of aromatic nitrogens is 3. The molecule has 1 N–H and O–H groups in total. The minimum atomic E-state index is -0.700. The Morgan fingerprint density at radius 3 is 2.57 bits per heavy atom. The molecule has 0 bridgehead atoms. The summed E-state index contributed by atoms with van der Waals surface area (Å²) in [4.78, 5) is 23.2. The lowest BCUT2D eigenvalue weighted by molar-refractivity contribution is 0.265. The van der Waals surface area contributed by atoms with Gasteiger partial charge in [-0.3, -0.25) is 9.69 Å². The number of nitrogens with one attached hydrogen (secondary N) is 1. The maximum atomic E-state index is 10.8. The Hall–Kier alpha value is -1.14. The van der Waals surface area contributed by atoms with Crippen LogP contribution in [0.15, 0.2) is 0 Å². The molecular weight excluding hydrogens is 229 g/mol. The van der Waals surface area contributed by atoms with Gasteiger partial charge in [-0.15, -0.1) is 0 Å². The zero-order valence-corrected chi connectivity index (χ0v) is 8.96. The zero-order chi connectivity index (χ0) is 10.7. The van der Waals surface area contributed by atoms with E-state index >= 15 is 0 Å². The first-order chi connectivity index (χ1) is 6.54. The van der Waals surface area contributed by atoms with Crippen LogP contribution in [0.3, 0.4) is 0 Å². The number of rotatable bonds is 2. The van der Waals surface area contributed by atoms with E-state index < -0.39 is 5.37 Å². The van der Waals surface area contributed by atoms with Gasteiger partial charge in [0.15, 0.2) is 0 Å². The van der Waals surface area contributed by atoms with Crippen LogP contribution in [0.1, 0.15) is 0 Å². The topological polar surface area (TPSA) is 71.0 Å². The van der Waals surface area contributed by atoms with Crippen LogP contribution < -0.4 is 10.2 Å². The first-order valence-corrected chi connectivity index (χ1v) is 4.32. The summed E-state index contributed by atoms with van der Waals surface area (Å²) in [5, 5.41) is 1.96. The number of anilines is 2. The summed E-state index contributed by atoms with van der Waals surface area (Å²) in [6.45, 7) is 0. The molecule has 0 spiro atoms. The summed E-state index contributed by atoms with van der Waals surface area (Å²) in [5.41, 5.74) is 0. The molecular formula is C6H7Cl2N5O. The third-order valence-corrected chi connectivity index (χ3v) is 1.81. The largest absolute Gasteiger partial charge is 0.357 e. The number of hydrogen-bond donors (Lipinski definition) is 1. The van der Waals surface area contributed by atoms with Crippen molar-refractivity contribution in [3.63, 3.8) is 0 Å². The highest BCUT2D eigenvalue weighted by Gasteiger charge is 2.13. The van der Waals surface area contributed by atoms with Crippen LogP contribution in [-0.2, 0) is 0 Å². The van der Waals surface area contributed by atoms with E-state index in [4.69, 9.17) is 23.2 Å². The third-order valence-electron chi connectivity index (χ3n) is 1.38. The molecule has 0 fully saturated rings. The maximum absolute atomic E-state index is 10.8. The standard InChI is InChI=1S/C6H7Cl2N5O/c1-9-5-10-3(7)11-6(12-5)13(2)4(8)14/h1-2H3,(H,9,10,11,12). The van der Waals surface area contributed by atoms with Gasteiger partial charge in [0, 0.05) is 14.1 Å². The summed E-state index contributed by atoms with van der Waals surface area (Å²) in [7, 11) is 3.05. The molecule has 1 aromatic heterocycles. The van der Waals surface area contributed by atoms with E-state index in [1.165, 1.54) is 7.05 Å². The van der Waals surface area contributed by atoms with E-state index in [1.54, 1.807) is 7.05 Å². The second-order valence-corrected chi connectivity index (χ2v) is 2.95. The van der Waals surface area contributed by atoms with E-state index in [1.807, 2.05) is 0 Å². The third kappa shape index (κ3) is 2.43. The molecule has 0 aliphatic rings.